The zero-order valence-corrected chi connectivity index (χ0v) is 13.6. The molecule has 22 heavy (non-hydrogen) atoms. The van der Waals surface area contributed by atoms with Gasteiger partial charge < -0.3 is 10.4 Å². The molecule has 0 saturated heterocycles. The molecule has 0 aliphatic carbocycles. The van der Waals surface area contributed by atoms with E-state index in [1.165, 1.54) is 5.56 Å². The predicted octanol–water partition coefficient (Wildman–Crippen LogP) is 4.29. The van der Waals surface area contributed by atoms with Gasteiger partial charge in [0.15, 0.2) is 0 Å². The number of anilines is 1. The number of nitrogens with one attached hydrogen (secondary N) is 1. The van der Waals surface area contributed by atoms with E-state index in [1.54, 1.807) is 19.1 Å². The fourth-order valence-electron chi connectivity index (χ4n) is 2.17. The van der Waals surface area contributed by atoms with Gasteiger partial charge in [-0.15, -0.1) is 0 Å². The summed E-state index contributed by atoms with van der Waals surface area (Å²) in [6.07, 6.45) is -0.505. The molecule has 3 nitrogen and oxygen atoms in total. The maximum absolute atomic E-state index is 12.2. The molecule has 0 aliphatic heterocycles. The van der Waals surface area contributed by atoms with Gasteiger partial charge in [-0.3, -0.25) is 4.79 Å². The molecule has 0 aromatic heterocycles. The first-order valence-corrected chi connectivity index (χ1v) is 7.47. The molecule has 2 aromatic rings. The van der Waals surface area contributed by atoms with Crippen LogP contribution in [0.3, 0.4) is 0 Å². The highest BCUT2D eigenvalue weighted by Crippen LogP contribution is 2.22. The third-order valence-corrected chi connectivity index (χ3v) is 3.66. The molecular formula is C19H23NO2. The summed E-state index contributed by atoms with van der Waals surface area (Å²) in [7, 11) is 0. The molecule has 1 atom stereocenters. The van der Waals surface area contributed by atoms with Crippen molar-refractivity contribution < 1.29 is 9.90 Å². The van der Waals surface area contributed by atoms with E-state index in [9.17, 15) is 9.90 Å². The van der Waals surface area contributed by atoms with E-state index in [0.29, 0.717) is 11.3 Å². The van der Waals surface area contributed by atoms with Gasteiger partial charge in [-0.2, -0.15) is 0 Å². The third kappa shape index (κ3) is 3.95. The van der Waals surface area contributed by atoms with Crippen molar-refractivity contribution in [3.8, 4) is 0 Å². The van der Waals surface area contributed by atoms with Gasteiger partial charge in [0.25, 0.3) is 5.91 Å². The van der Waals surface area contributed by atoms with Gasteiger partial charge in [0.05, 0.1) is 6.10 Å². The monoisotopic (exact) mass is 297 g/mol. The second kappa shape index (κ2) is 6.32. The van der Waals surface area contributed by atoms with E-state index < -0.39 is 6.10 Å². The first kappa shape index (κ1) is 16.2. The molecule has 0 aliphatic rings. The summed E-state index contributed by atoms with van der Waals surface area (Å²) in [6.45, 7) is 8.15. The van der Waals surface area contributed by atoms with Gasteiger partial charge in [0.1, 0.15) is 0 Å². The molecule has 0 spiro atoms. The van der Waals surface area contributed by atoms with Crippen LogP contribution in [0.4, 0.5) is 5.69 Å². The van der Waals surface area contributed by atoms with Crippen LogP contribution in [-0.2, 0) is 5.41 Å². The normalized spacial score (nSPS) is 12.8. The standard InChI is InChI=1S/C19H23NO2/c1-13(21)14-7-11-17(12-8-14)20-18(22)15-5-9-16(10-6-15)19(2,3)4/h5-13,21H,1-4H3,(H,20,22)/t13-/m1/s1. The smallest absolute Gasteiger partial charge is 0.255 e. The Kier molecular flexibility index (Phi) is 4.67. The number of rotatable bonds is 3. The van der Waals surface area contributed by atoms with Gasteiger partial charge in [0, 0.05) is 11.3 Å². The maximum Gasteiger partial charge on any atom is 0.255 e. The molecular weight excluding hydrogens is 274 g/mol. The second-order valence-electron chi connectivity index (χ2n) is 6.58. The van der Waals surface area contributed by atoms with Crippen molar-refractivity contribution in [1.29, 1.82) is 0 Å². The van der Waals surface area contributed by atoms with Gasteiger partial charge in [-0.1, -0.05) is 45.0 Å². The quantitative estimate of drug-likeness (QED) is 0.888. The summed E-state index contributed by atoms with van der Waals surface area (Å²) in [4.78, 5) is 12.2. The van der Waals surface area contributed by atoms with E-state index in [2.05, 4.69) is 26.1 Å². The molecule has 0 saturated carbocycles. The number of amides is 1. The SMILES string of the molecule is C[C@@H](O)c1ccc(NC(=O)c2ccc(C(C)(C)C)cc2)cc1. The van der Waals surface area contributed by atoms with Crippen molar-refractivity contribution >= 4 is 11.6 Å². The summed E-state index contributed by atoms with van der Waals surface area (Å²) in [5, 5.41) is 12.3. The Balaban J connectivity index is 2.09. The van der Waals surface area contributed by atoms with E-state index >= 15 is 0 Å². The first-order chi connectivity index (χ1) is 10.3. The van der Waals surface area contributed by atoms with Crippen LogP contribution in [-0.4, -0.2) is 11.0 Å². The van der Waals surface area contributed by atoms with E-state index in [-0.39, 0.29) is 11.3 Å². The van der Waals surface area contributed by atoms with Crippen LogP contribution in [0.15, 0.2) is 48.5 Å². The zero-order valence-electron chi connectivity index (χ0n) is 13.6. The lowest BCUT2D eigenvalue weighted by Gasteiger charge is -2.19. The summed E-state index contributed by atoms with van der Waals surface area (Å²) in [5.74, 6) is -0.134. The fourth-order valence-corrected chi connectivity index (χ4v) is 2.17. The lowest BCUT2D eigenvalue weighted by molar-refractivity contribution is 0.102. The Hall–Kier alpha value is -2.13. The predicted molar refractivity (Wildman–Crippen MR) is 90.2 cm³/mol. The molecule has 116 valence electrons. The van der Waals surface area contributed by atoms with Crippen LogP contribution >= 0.6 is 0 Å². The van der Waals surface area contributed by atoms with Crippen molar-refractivity contribution in [2.75, 3.05) is 5.32 Å². The first-order valence-electron chi connectivity index (χ1n) is 7.47. The summed E-state index contributed by atoms with van der Waals surface area (Å²) in [6, 6.07) is 14.9. The Morgan fingerprint density at radius 2 is 1.55 bits per heavy atom. The zero-order chi connectivity index (χ0) is 16.3. The van der Waals surface area contributed by atoms with Gasteiger partial charge in [0.2, 0.25) is 0 Å². The molecule has 2 N–H and O–H groups in total. The summed E-state index contributed by atoms with van der Waals surface area (Å²) in [5.41, 5.74) is 3.45. The Labute approximate surface area is 132 Å². The third-order valence-electron chi connectivity index (χ3n) is 3.66. The highest BCUT2D eigenvalue weighted by atomic mass is 16.3. The van der Waals surface area contributed by atoms with Crippen molar-refractivity contribution in [3.05, 3.63) is 65.2 Å². The number of aliphatic hydroxyl groups excluding tert-OH is 1. The Morgan fingerprint density at radius 3 is 2.00 bits per heavy atom. The average Bonchev–Trinajstić information content (AvgIpc) is 2.47. The molecule has 2 aromatic carbocycles. The minimum atomic E-state index is -0.505. The number of hydrogen-bond acceptors (Lipinski definition) is 2. The molecule has 0 heterocycles. The average molecular weight is 297 g/mol. The summed E-state index contributed by atoms with van der Waals surface area (Å²) < 4.78 is 0. The van der Waals surface area contributed by atoms with Gasteiger partial charge in [-0.05, 0) is 47.7 Å². The van der Waals surface area contributed by atoms with Gasteiger partial charge in [-0.25, -0.2) is 0 Å². The van der Waals surface area contributed by atoms with Crippen LogP contribution in [0.25, 0.3) is 0 Å². The van der Waals surface area contributed by atoms with Crippen LogP contribution < -0.4 is 5.32 Å². The molecule has 2 rings (SSSR count). The van der Waals surface area contributed by atoms with E-state index in [4.69, 9.17) is 0 Å². The largest absolute Gasteiger partial charge is 0.389 e. The Bertz CT molecular complexity index is 635. The molecule has 1 amide bonds. The highest BCUT2D eigenvalue weighted by molar-refractivity contribution is 6.04. The van der Waals surface area contributed by atoms with E-state index in [1.807, 2.05) is 36.4 Å². The fraction of sp³-hybridized carbons (Fsp3) is 0.316. The minimum absolute atomic E-state index is 0.0752. The number of aliphatic hydroxyl groups is 1. The van der Waals surface area contributed by atoms with Crippen LogP contribution in [0.2, 0.25) is 0 Å². The number of carbonyl (C=O) groups is 1. The lowest BCUT2D eigenvalue weighted by atomic mass is 9.87. The van der Waals surface area contributed by atoms with Crippen LogP contribution in [0.1, 0.15) is 55.3 Å². The molecule has 0 bridgehead atoms. The summed E-state index contributed by atoms with van der Waals surface area (Å²) >= 11 is 0. The topological polar surface area (TPSA) is 49.3 Å². The van der Waals surface area contributed by atoms with Crippen LogP contribution in [0.5, 0.6) is 0 Å². The molecule has 0 unspecified atom stereocenters. The Morgan fingerprint density at radius 1 is 1.00 bits per heavy atom. The van der Waals surface area contributed by atoms with Crippen LogP contribution in [0, 0.1) is 0 Å². The van der Waals surface area contributed by atoms with Crippen molar-refractivity contribution in [2.45, 2.75) is 39.2 Å². The molecule has 3 heteroatoms. The number of benzene rings is 2. The maximum atomic E-state index is 12.2. The van der Waals surface area contributed by atoms with Crippen molar-refractivity contribution in [3.63, 3.8) is 0 Å². The highest BCUT2D eigenvalue weighted by Gasteiger charge is 2.14. The number of carbonyl (C=O) groups excluding carboxylic acids is 1. The minimum Gasteiger partial charge on any atom is -0.389 e. The lowest BCUT2D eigenvalue weighted by Crippen LogP contribution is -2.14. The van der Waals surface area contributed by atoms with Crippen molar-refractivity contribution in [1.82, 2.24) is 0 Å². The van der Waals surface area contributed by atoms with E-state index in [0.717, 1.165) is 5.56 Å². The van der Waals surface area contributed by atoms with Gasteiger partial charge >= 0.3 is 0 Å². The van der Waals surface area contributed by atoms with Crippen molar-refractivity contribution in [2.24, 2.45) is 0 Å². The second-order valence-corrected chi connectivity index (χ2v) is 6.58. The molecule has 0 fully saturated rings. The number of hydrogen-bond donors (Lipinski definition) is 2. The molecule has 0 radical (unpaired) electrons.